The molecule has 6 nitrogen and oxygen atoms in total. The molecule has 0 aromatic heterocycles. The number of esters is 1. The quantitative estimate of drug-likeness (QED) is 0.0673. The Kier molecular flexibility index (Phi) is 19.2. The Balaban J connectivity index is 4.74. The number of unbranched alkanes of at least 4 members (excludes halogenated alkanes) is 5. The van der Waals surface area contributed by atoms with Crippen LogP contribution in [0.1, 0.15) is 159 Å². The highest BCUT2D eigenvalue weighted by atomic mass is 16.5. The molecular formula is C35H70N2O4. The fraction of sp³-hybridized carbons (Fsp3) is 0.943. The molecule has 0 saturated carbocycles. The average molecular weight is 583 g/mol. The molecule has 0 bridgehead atoms. The van der Waals surface area contributed by atoms with E-state index in [4.69, 9.17) is 9.47 Å². The molecule has 0 fully saturated rings. The van der Waals surface area contributed by atoms with Crippen LogP contribution in [0.3, 0.4) is 0 Å². The van der Waals surface area contributed by atoms with Crippen molar-refractivity contribution in [2.24, 2.45) is 27.6 Å². The lowest BCUT2D eigenvalue weighted by molar-refractivity contribution is -0.149. The third-order valence-electron chi connectivity index (χ3n) is 10.4. The summed E-state index contributed by atoms with van der Waals surface area (Å²) in [5.74, 6) is 0.320. The summed E-state index contributed by atoms with van der Waals surface area (Å²) in [6.45, 7) is 24.2. The predicted octanol–water partition coefficient (Wildman–Crippen LogP) is 9.65. The second-order valence-electron chi connectivity index (χ2n) is 15.1. The zero-order valence-corrected chi connectivity index (χ0v) is 29.2. The molecule has 1 amide bonds. The van der Waals surface area contributed by atoms with Crippen LogP contribution in [0, 0.1) is 27.6 Å². The first kappa shape index (κ1) is 39.7. The Bertz CT molecular complexity index is 715. The number of rotatable bonds is 24. The number of ether oxygens (including phenoxy) is 2. The summed E-state index contributed by atoms with van der Waals surface area (Å²) in [4.78, 5) is 24.8. The van der Waals surface area contributed by atoms with E-state index in [1.54, 1.807) is 7.05 Å². The van der Waals surface area contributed by atoms with Gasteiger partial charge in [-0.05, 0) is 66.7 Å². The van der Waals surface area contributed by atoms with Crippen LogP contribution >= 0.6 is 0 Å². The van der Waals surface area contributed by atoms with E-state index < -0.39 is 0 Å². The van der Waals surface area contributed by atoms with Crippen LogP contribution in [-0.4, -0.2) is 39.0 Å². The summed E-state index contributed by atoms with van der Waals surface area (Å²) < 4.78 is 11.3. The maximum atomic E-state index is 12.9. The zero-order chi connectivity index (χ0) is 31.6. The van der Waals surface area contributed by atoms with Gasteiger partial charge in [0.15, 0.2) is 0 Å². The molecule has 6 heteroatoms. The van der Waals surface area contributed by atoms with E-state index in [0.29, 0.717) is 32.2 Å². The molecule has 0 spiro atoms. The molecule has 0 saturated heterocycles. The lowest BCUT2D eigenvalue weighted by Gasteiger charge is -2.43. The van der Waals surface area contributed by atoms with Crippen molar-refractivity contribution < 1.29 is 19.1 Å². The number of hydrogen-bond acceptors (Lipinski definition) is 5. The fourth-order valence-corrected chi connectivity index (χ4v) is 5.28. The molecule has 0 aliphatic carbocycles. The van der Waals surface area contributed by atoms with Gasteiger partial charge in [0.25, 0.3) is 0 Å². The van der Waals surface area contributed by atoms with Crippen LogP contribution in [0.5, 0.6) is 0 Å². The van der Waals surface area contributed by atoms with E-state index in [2.05, 4.69) is 79.9 Å². The largest absolute Gasteiger partial charge is 0.466 e. The Morgan fingerprint density at radius 1 is 0.659 bits per heavy atom. The first-order valence-electron chi connectivity index (χ1n) is 16.8. The molecule has 0 rings (SSSR count). The van der Waals surface area contributed by atoms with Crippen molar-refractivity contribution in [1.82, 2.24) is 10.6 Å². The number of alkyl carbamates (subject to hydrolysis) is 1. The van der Waals surface area contributed by atoms with E-state index in [1.807, 2.05) is 0 Å². The Morgan fingerprint density at radius 3 is 1.78 bits per heavy atom. The van der Waals surface area contributed by atoms with Crippen LogP contribution in [0.15, 0.2) is 0 Å². The number of carbonyl (C=O) groups excluding carboxylic acids is 2. The van der Waals surface area contributed by atoms with Gasteiger partial charge in [-0.15, -0.1) is 0 Å². The molecule has 1 atom stereocenters. The average Bonchev–Trinajstić information content (AvgIpc) is 2.88. The van der Waals surface area contributed by atoms with Crippen LogP contribution in [0.4, 0.5) is 4.79 Å². The van der Waals surface area contributed by atoms with Crippen molar-refractivity contribution in [3.8, 4) is 0 Å². The molecule has 0 aromatic rings. The number of nitrogens with one attached hydrogen (secondary N) is 2. The molecule has 41 heavy (non-hydrogen) atoms. The van der Waals surface area contributed by atoms with Gasteiger partial charge >= 0.3 is 12.1 Å². The number of carbonyl (C=O) groups is 2. The maximum Gasteiger partial charge on any atom is 0.408 e. The van der Waals surface area contributed by atoms with Crippen molar-refractivity contribution in [1.29, 1.82) is 0 Å². The molecule has 0 aliphatic heterocycles. The highest BCUT2D eigenvalue weighted by molar-refractivity contribution is 5.70. The first-order valence-corrected chi connectivity index (χ1v) is 16.8. The molecule has 0 radical (unpaired) electrons. The summed E-state index contributed by atoms with van der Waals surface area (Å²) in [5.41, 5.74) is 0.185. The summed E-state index contributed by atoms with van der Waals surface area (Å²) in [5, 5.41) is 5.61. The van der Waals surface area contributed by atoms with Gasteiger partial charge in [0, 0.05) is 0 Å². The summed E-state index contributed by atoms with van der Waals surface area (Å²) in [7, 11) is 1.79. The molecule has 0 aromatic carbocycles. The lowest BCUT2D eigenvalue weighted by Crippen LogP contribution is -2.36. The van der Waals surface area contributed by atoms with Gasteiger partial charge in [0.1, 0.15) is 0 Å². The van der Waals surface area contributed by atoms with E-state index in [0.717, 1.165) is 38.5 Å². The predicted molar refractivity (Wildman–Crippen MR) is 174 cm³/mol. The summed E-state index contributed by atoms with van der Waals surface area (Å²) in [6.07, 6.45) is 15.0. The second kappa shape index (κ2) is 19.8. The first-order chi connectivity index (χ1) is 19.0. The molecule has 0 aliphatic rings. The highest BCUT2D eigenvalue weighted by Gasteiger charge is 2.39. The smallest absolute Gasteiger partial charge is 0.408 e. The Labute approximate surface area is 255 Å². The van der Waals surface area contributed by atoms with E-state index in [9.17, 15) is 9.59 Å². The van der Waals surface area contributed by atoms with Gasteiger partial charge in [0.05, 0.1) is 26.3 Å². The maximum absolute atomic E-state index is 12.9. The van der Waals surface area contributed by atoms with E-state index in [1.165, 1.54) is 44.9 Å². The van der Waals surface area contributed by atoms with Crippen LogP contribution in [0.25, 0.3) is 0 Å². The van der Waals surface area contributed by atoms with Crippen molar-refractivity contribution in [2.45, 2.75) is 159 Å². The van der Waals surface area contributed by atoms with Gasteiger partial charge in [-0.2, -0.15) is 0 Å². The second-order valence-corrected chi connectivity index (χ2v) is 15.1. The fourth-order valence-electron chi connectivity index (χ4n) is 5.28. The third kappa shape index (κ3) is 16.2. The minimum Gasteiger partial charge on any atom is -0.466 e. The molecule has 0 heterocycles. The van der Waals surface area contributed by atoms with E-state index >= 15 is 0 Å². The van der Waals surface area contributed by atoms with Gasteiger partial charge < -0.3 is 20.1 Å². The SMILES string of the molecule is CCCCCCC(CCCCC(C)(C)C(C)(C)CC(=O)OCCC(C)(C)C(C)(C)CCCC)COC(=O)NCNC. The molecule has 1 unspecified atom stereocenters. The van der Waals surface area contributed by atoms with Gasteiger partial charge in [-0.25, -0.2) is 4.79 Å². The van der Waals surface area contributed by atoms with Crippen LogP contribution in [0.2, 0.25) is 0 Å². The Hall–Kier alpha value is -1.30. The van der Waals surface area contributed by atoms with Gasteiger partial charge in [0.2, 0.25) is 0 Å². The van der Waals surface area contributed by atoms with Crippen molar-refractivity contribution >= 4 is 12.1 Å². The van der Waals surface area contributed by atoms with Crippen molar-refractivity contribution in [3.63, 3.8) is 0 Å². The van der Waals surface area contributed by atoms with Crippen molar-refractivity contribution in [2.75, 3.05) is 26.9 Å². The van der Waals surface area contributed by atoms with Crippen molar-refractivity contribution in [3.05, 3.63) is 0 Å². The topological polar surface area (TPSA) is 76.7 Å². The molecule has 2 N–H and O–H groups in total. The standard InChI is InChI=1S/C35H70N2O4/c1-12-14-16-17-20-29(27-41-31(39)37-28-36-11)21-18-19-23-33(5,6)35(9,10)26-30(38)40-25-24-34(7,8)32(3,4)22-15-13-2/h29,36H,12-28H2,1-11H3,(H,37,39). The minimum atomic E-state index is -0.351. The Morgan fingerprint density at radius 2 is 1.20 bits per heavy atom. The summed E-state index contributed by atoms with van der Waals surface area (Å²) in [6, 6.07) is 0. The highest BCUT2D eigenvalue weighted by Crippen LogP contribution is 2.46. The number of hydrogen-bond donors (Lipinski definition) is 2. The molecular weight excluding hydrogens is 512 g/mol. The minimum absolute atomic E-state index is 0.00754. The van der Waals surface area contributed by atoms with Crippen LogP contribution in [-0.2, 0) is 14.3 Å². The van der Waals surface area contributed by atoms with Crippen LogP contribution < -0.4 is 10.6 Å². The normalized spacial score (nSPS) is 13.6. The summed E-state index contributed by atoms with van der Waals surface area (Å²) >= 11 is 0. The monoisotopic (exact) mass is 583 g/mol. The lowest BCUT2D eigenvalue weighted by atomic mass is 9.63. The zero-order valence-electron chi connectivity index (χ0n) is 29.2. The van der Waals surface area contributed by atoms with Gasteiger partial charge in [-0.3, -0.25) is 4.79 Å². The van der Waals surface area contributed by atoms with E-state index in [-0.39, 0.29) is 33.7 Å². The third-order valence-corrected chi connectivity index (χ3v) is 10.4. The van der Waals surface area contributed by atoms with Gasteiger partial charge in [-0.1, -0.05) is 121 Å². The number of amides is 1. The molecule has 244 valence electrons.